The van der Waals surface area contributed by atoms with Crippen LogP contribution in [0.15, 0.2) is 18.2 Å². The van der Waals surface area contributed by atoms with Gasteiger partial charge in [0.05, 0.1) is 18.4 Å². The third-order valence-electron chi connectivity index (χ3n) is 3.73. The Morgan fingerprint density at radius 2 is 2.17 bits per heavy atom. The first-order valence-electron chi connectivity index (χ1n) is 6.27. The minimum atomic E-state index is -0.363. The highest BCUT2D eigenvalue weighted by Gasteiger charge is 2.35. The molecule has 0 spiro atoms. The minimum absolute atomic E-state index is 0.174. The molecule has 1 fully saturated rings. The fourth-order valence-electron chi connectivity index (χ4n) is 2.58. The number of halogens is 1. The van der Waals surface area contributed by atoms with Crippen LogP contribution >= 0.6 is 0 Å². The Kier molecular flexibility index (Phi) is 3.59. The molecule has 1 saturated heterocycles. The molecule has 2 N–H and O–H groups in total. The molecule has 0 saturated carbocycles. The summed E-state index contributed by atoms with van der Waals surface area (Å²) in [6.45, 7) is 4.97. The molecule has 1 aromatic carbocycles. The quantitative estimate of drug-likeness (QED) is 0.846. The fourth-order valence-corrected chi connectivity index (χ4v) is 2.58. The average Bonchev–Trinajstić information content (AvgIpc) is 2.32. The van der Waals surface area contributed by atoms with E-state index in [1.165, 1.54) is 6.07 Å². The lowest BCUT2D eigenvalue weighted by atomic mass is 9.81. The van der Waals surface area contributed by atoms with E-state index in [0.29, 0.717) is 30.8 Å². The predicted octanol–water partition coefficient (Wildman–Crippen LogP) is 1.92. The zero-order valence-corrected chi connectivity index (χ0v) is 10.9. The third kappa shape index (κ3) is 2.35. The van der Waals surface area contributed by atoms with Gasteiger partial charge in [0.15, 0.2) is 0 Å². The first-order valence-corrected chi connectivity index (χ1v) is 6.27. The van der Waals surface area contributed by atoms with Gasteiger partial charge in [-0.1, -0.05) is 26.0 Å². The van der Waals surface area contributed by atoms with Crippen molar-refractivity contribution in [3.63, 3.8) is 0 Å². The molecule has 1 heterocycles. The maximum absolute atomic E-state index is 14.0. The van der Waals surface area contributed by atoms with Gasteiger partial charge < -0.3 is 15.1 Å². The number of hydrogen-bond donors (Lipinski definition) is 2. The maximum Gasteiger partial charge on any atom is 0.146 e. The smallest absolute Gasteiger partial charge is 0.146 e. The summed E-state index contributed by atoms with van der Waals surface area (Å²) in [6, 6.07) is 4.75. The highest BCUT2D eigenvalue weighted by Crippen LogP contribution is 2.34. The van der Waals surface area contributed by atoms with E-state index in [0.717, 1.165) is 0 Å². The molecular formula is C14H20FNO2. The van der Waals surface area contributed by atoms with Crippen LogP contribution in [-0.4, -0.2) is 29.4 Å². The Labute approximate surface area is 107 Å². The Morgan fingerprint density at radius 3 is 2.78 bits per heavy atom. The van der Waals surface area contributed by atoms with E-state index in [1.807, 2.05) is 18.7 Å². The van der Waals surface area contributed by atoms with Gasteiger partial charge in [-0.25, -0.2) is 4.39 Å². The highest BCUT2D eigenvalue weighted by molar-refractivity contribution is 5.55. The number of nitrogens with zero attached hydrogens (tertiary/aromatic N) is 1. The molecule has 4 heteroatoms. The van der Waals surface area contributed by atoms with E-state index in [-0.39, 0.29) is 23.9 Å². The lowest BCUT2D eigenvalue weighted by Gasteiger charge is -2.43. The summed E-state index contributed by atoms with van der Waals surface area (Å²) in [5.74, 6) is -0.311. The van der Waals surface area contributed by atoms with Crippen LogP contribution in [0.25, 0.3) is 0 Å². The molecule has 0 aromatic heterocycles. The van der Waals surface area contributed by atoms with E-state index in [2.05, 4.69) is 0 Å². The molecule has 0 radical (unpaired) electrons. The second-order valence-corrected chi connectivity index (χ2v) is 5.62. The van der Waals surface area contributed by atoms with Crippen LogP contribution in [0.1, 0.15) is 25.8 Å². The van der Waals surface area contributed by atoms with Crippen molar-refractivity contribution in [1.29, 1.82) is 0 Å². The van der Waals surface area contributed by atoms with Crippen molar-refractivity contribution in [3.05, 3.63) is 29.6 Å². The topological polar surface area (TPSA) is 43.7 Å². The first kappa shape index (κ1) is 13.3. The van der Waals surface area contributed by atoms with Gasteiger partial charge in [0, 0.05) is 24.1 Å². The van der Waals surface area contributed by atoms with Crippen molar-refractivity contribution in [2.45, 2.75) is 33.0 Å². The summed E-state index contributed by atoms with van der Waals surface area (Å²) in [5.41, 5.74) is 0.801. The maximum atomic E-state index is 14.0. The number of benzene rings is 1. The molecule has 100 valence electrons. The summed E-state index contributed by atoms with van der Waals surface area (Å²) in [5, 5.41) is 19.2. The van der Waals surface area contributed by atoms with Gasteiger partial charge in [0.25, 0.3) is 0 Å². The number of hydrogen-bond acceptors (Lipinski definition) is 3. The lowest BCUT2D eigenvalue weighted by molar-refractivity contribution is 0.0333. The molecule has 1 aliphatic rings. The lowest BCUT2D eigenvalue weighted by Crippen LogP contribution is -2.49. The molecule has 1 atom stereocenters. The second-order valence-electron chi connectivity index (χ2n) is 5.62. The van der Waals surface area contributed by atoms with Crippen molar-refractivity contribution < 1.29 is 14.6 Å². The molecule has 0 bridgehead atoms. The molecule has 1 aromatic rings. The summed E-state index contributed by atoms with van der Waals surface area (Å²) < 4.78 is 14.0. The van der Waals surface area contributed by atoms with Crippen LogP contribution in [0.2, 0.25) is 0 Å². The van der Waals surface area contributed by atoms with Gasteiger partial charge in [-0.15, -0.1) is 0 Å². The molecule has 18 heavy (non-hydrogen) atoms. The van der Waals surface area contributed by atoms with Crippen LogP contribution in [0.4, 0.5) is 10.1 Å². The van der Waals surface area contributed by atoms with Crippen molar-refractivity contribution in [3.8, 4) is 0 Å². The number of piperidine rings is 1. The zero-order valence-electron chi connectivity index (χ0n) is 10.9. The van der Waals surface area contributed by atoms with Crippen molar-refractivity contribution in [2.75, 3.05) is 18.0 Å². The van der Waals surface area contributed by atoms with Gasteiger partial charge in [0.1, 0.15) is 5.82 Å². The van der Waals surface area contributed by atoms with Crippen LogP contribution in [-0.2, 0) is 6.61 Å². The molecule has 3 nitrogen and oxygen atoms in total. The van der Waals surface area contributed by atoms with Gasteiger partial charge in [-0.3, -0.25) is 0 Å². The summed E-state index contributed by atoms with van der Waals surface area (Å²) in [6.07, 6.45) is 0.254. The Bertz CT molecular complexity index is 434. The SMILES string of the molecule is CC1(C)CN(c2c(F)cccc2CO)CCC1O. The van der Waals surface area contributed by atoms with E-state index in [1.54, 1.807) is 12.1 Å². The second kappa shape index (κ2) is 4.86. The Morgan fingerprint density at radius 1 is 1.44 bits per heavy atom. The number of anilines is 1. The summed E-state index contributed by atoms with van der Waals surface area (Å²) >= 11 is 0. The molecule has 0 amide bonds. The van der Waals surface area contributed by atoms with Crippen LogP contribution in [0.3, 0.4) is 0 Å². The van der Waals surface area contributed by atoms with Crippen molar-refractivity contribution in [1.82, 2.24) is 0 Å². The van der Waals surface area contributed by atoms with Crippen molar-refractivity contribution >= 4 is 5.69 Å². The summed E-state index contributed by atoms with van der Waals surface area (Å²) in [4.78, 5) is 1.92. The molecule has 2 rings (SSSR count). The number of aliphatic hydroxyl groups excluding tert-OH is 2. The largest absolute Gasteiger partial charge is 0.392 e. The third-order valence-corrected chi connectivity index (χ3v) is 3.73. The normalized spacial score (nSPS) is 23.2. The average molecular weight is 253 g/mol. The zero-order chi connectivity index (χ0) is 13.3. The predicted molar refractivity (Wildman–Crippen MR) is 68.9 cm³/mol. The van der Waals surface area contributed by atoms with Gasteiger partial charge >= 0.3 is 0 Å². The van der Waals surface area contributed by atoms with Gasteiger partial charge in [-0.2, -0.15) is 0 Å². The van der Waals surface area contributed by atoms with E-state index >= 15 is 0 Å². The Balaban J connectivity index is 2.33. The van der Waals surface area contributed by atoms with Crippen molar-refractivity contribution in [2.24, 2.45) is 5.41 Å². The molecule has 1 aliphatic heterocycles. The van der Waals surface area contributed by atoms with Crippen LogP contribution in [0.5, 0.6) is 0 Å². The number of aliphatic hydroxyl groups is 2. The summed E-state index contributed by atoms with van der Waals surface area (Å²) in [7, 11) is 0. The Hall–Kier alpha value is -1.13. The molecule has 1 unspecified atom stereocenters. The van der Waals surface area contributed by atoms with Crippen LogP contribution in [0, 0.1) is 11.2 Å². The fraction of sp³-hybridized carbons (Fsp3) is 0.571. The number of para-hydroxylation sites is 1. The van der Waals surface area contributed by atoms with E-state index in [9.17, 15) is 14.6 Å². The molecule has 0 aliphatic carbocycles. The minimum Gasteiger partial charge on any atom is -0.392 e. The monoisotopic (exact) mass is 253 g/mol. The van der Waals surface area contributed by atoms with E-state index < -0.39 is 0 Å². The van der Waals surface area contributed by atoms with E-state index in [4.69, 9.17) is 0 Å². The number of rotatable bonds is 2. The first-order chi connectivity index (χ1) is 8.45. The highest BCUT2D eigenvalue weighted by atomic mass is 19.1. The van der Waals surface area contributed by atoms with Crippen LogP contribution < -0.4 is 4.90 Å². The van der Waals surface area contributed by atoms with Gasteiger partial charge in [0.2, 0.25) is 0 Å². The van der Waals surface area contributed by atoms with Gasteiger partial charge in [-0.05, 0) is 12.5 Å². The standard InChI is InChI=1S/C14H20FNO2/c1-14(2)9-16(7-6-12(14)18)13-10(8-17)4-3-5-11(13)15/h3-5,12,17-18H,6-9H2,1-2H3. The molecular weight excluding hydrogens is 233 g/mol.